The van der Waals surface area contributed by atoms with Crippen LogP contribution in [0.3, 0.4) is 0 Å². The predicted molar refractivity (Wildman–Crippen MR) is 128 cm³/mol. The van der Waals surface area contributed by atoms with Crippen molar-refractivity contribution in [1.82, 2.24) is 14.8 Å². The molecule has 3 heterocycles. The molecule has 0 saturated carbocycles. The number of aryl methyl sites for hydroxylation is 1. The lowest BCUT2D eigenvalue weighted by molar-refractivity contribution is 0.768. The Hall–Kier alpha value is -3.31. The van der Waals surface area contributed by atoms with Gasteiger partial charge in [0.1, 0.15) is 5.82 Å². The Morgan fingerprint density at radius 1 is 1.13 bits per heavy atom. The molecule has 5 heteroatoms. The van der Waals surface area contributed by atoms with Crippen LogP contribution in [0.2, 0.25) is 0 Å². The van der Waals surface area contributed by atoms with Crippen LogP contribution >= 0.6 is 11.8 Å². The number of thioether (sulfide) groups is 1. The van der Waals surface area contributed by atoms with Crippen LogP contribution in [0.4, 0.5) is 5.82 Å². The van der Waals surface area contributed by atoms with Crippen molar-refractivity contribution in [3.05, 3.63) is 89.7 Å². The number of hydrogen-bond donors (Lipinski definition) is 1. The van der Waals surface area contributed by atoms with Crippen LogP contribution in [0, 0.1) is 0 Å². The van der Waals surface area contributed by atoms with Crippen molar-refractivity contribution in [2.75, 3.05) is 5.32 Å². The average Bonchev–Trinajstić information content (AvgIpc) is 3.23. The summed E-state index contributed by atoms with van der Waals surface area (Å²) in [7, 11) is 1.94. The molecule has 0 aliphatic carbocycles. The van der Waals surface area contributed by atoms with Crippen molar-refractivity contribution in [2.24, 2.45) is 7.05 Å². The maximum absolute atomic E-state index is 4.65. The number of pyridine rings is 1. The van der Waals surface area contributed by atoms with E-state index in [9.17, 15) is 0 Å². The van der Waals surface area contributed by atoms with Crippen LogP contribution in [0.15, 0.2) is 83.5 Å². The molecule has 1 N–H and O–H groups in total. The van der Waals surface area contributed by atoms with E-state index in [4.69, 9.17) is 0 Å². The molecule has 0 amide bonds. The van der Waals surface area contributed by atoms with Crippen LogP contribution in [-0.4, -0.2) is 14.8 Å². The van der Waals surface area contributed by atoms with Crippen molar-refractivity contribution in [1.29, 1.82) is 0 Å². The fourth-order valence-electron chi connectivity index (χ4n) is 3.82. The highest BCUT2D eigenvalue weighted by Gasteiger charge is 2.14. The molecule has 1 aliphatic rings. The molecule has 5 rings (SSSR count). The van der Waals surface area contributed by atoms with Gasteiger partial charge in [-0.15, -0.1) is 0 Å². The molecule has 0 spiro atoms. The minimum absolute atomic E-state index is 0. The Bertz CT molecular complexity index is 1310. The maximum atomic E-state index is 4.65. The molecule has 0 atom stereocenters. The molecule has 4 aromatic rings. The van der Waals surface area contributed by atoms with Crippen LogP contribution in [0.25, 0.3) is 27.6 Å². The van der Waals surface area contributed by atoms with Crippen molar-refractivity contribution >= 4 is 34.0 Å². The first-order chi connectivity index (χ1) is 14.7. The molecule has 0 bridgehead atoms. The summed E-state index contributed by atoms with van der Waals surface area (Å²) >= 11 is 1.78. The Balaban J connectivity index is 0.00000231. The number of nitrogens with one attached hydrogen (secondary N) is 1. The van der Waals surface area contributed by atoms with E-state index in [0.29, 0.717) is 0 Å². The quantitative estimate of drug-likeness (QED) is 0.414. The predicted octanol–water partition coefficient (Wildman–Crippen LogP) is 6.52. The number of anilines is 1. The summed E-state index contributed by atoms with van der Waals surface area (Å²) in [5, 5.41) is 12.3. The largest absolute Gasteiger partial charge is 0.340 e. The van der Waals surface area contributed by atoms with Gasteiger partial charge in [0.2, 0.25) is 0 Å². The van der Waals surface area contributed by atoms with E-state index in [2.05, 4.69) is 82.3 Å². The molecule has 0 fully saturated rings. The topological polar surface area (TPSA) is 42.7 Å². The molecule has 1 aliphatic heterocycles. The normalized spacial score (nSPS) is 13.5. The van der Waals surface area contributed by atoms with Crippen molar-refractivity contribution in [2.45, 2.75) is 18.2 Å². The number of aromatic nitrogens is 3. The van der Waals surface area contributed by atoms with Gasteiger partial charge in [-0.2, -0.15) is 5.10 Å². The number of rotatable bonds is 4. The van der Waals surface area contributed by atoms with Gasteiger partial charge in [0.25, 0.3) is 0 Å². The van der Waals surface area contributed by atoms with Gasteiger partial charge in [-0.1, -0.05) is 48.2 Å². The van der Waals surface area contributed by atoms with Gasteiger partial charge in [-0.05, 0) is 53.5 Å². The first-order valence-electron chi connectivity index (χ1n) is 9.97. The zero-order chi connectivity index (χ0) is 20.5. The average molecular weight is 413 g/mol. The summed E-state index contributed by atoms with van der Waals surface area (Å²) in [6, 6.07) is 15.0. The van der Waals surface area contributed by atoms with Gasteiger partial charge in [0, 0.05) is 48.0 Å². The number of benzene rings is 2. The summed E-state index contributed by atoms with van der Waals surface area (Å²) in [6.45, 7) is 2.06. The van der Waals surface area contributed by atoms with Gasteiger partial charge in [0.05, 0.1) is 6.20 Å². The smallest absolute Gasteiger partial charge is 0.130 e. The van der Waals surface area contributed by atoms with Crippen LogP contribution in [-0.2, 0) is 13.5 Å². The highest BCUT2D eigenvalue weighted by atomic mass is 32.2. The molecule has 0 saturated heterocycles. The number of nitrogens with zero attached hydrogens (tertiary/aromatic N) is 3. The Kier molecular flexibility index (Phi) is 4.89. The van der Waals surface area contributed by atoms with Crippen molar-refractivity contribution < 1.29 is 1.43 Å². The van der Waals surface area contributed by atoms with Crippen molar-refractivity contribution in [3.8, 4) is 11.1 Å². The van der Waals surface area contributed by atoms with E-state index in [1.165, 1.54) is 16.0 Å². The lowest BCUT2D eigenvalue weighted by Gasteiger charge is -2.18. The van der Waals surface area contributed by atoms with Gasteiger partial charge >= 0.3 is 0 Å². The number of fused-ring (bicyclic) bond motifs is 2. The van der Waals surface area contributed by atoms with Gasteiger partial charge in [-0.3, -0.25) is 4.68 Å². The lowest BCUT2D eigenvalue weighted by atomic mass is 10.0. The molecule has 150 valence electrons. The molecule has 2 aromatic heterocycles. The molecule has 0 radical (unpaired) electrons. The van der Waals surface area contributed by atoms with Gasteiger partial charge < -0.3 is 5.32 Å². The maximum Gasteiger partial charge on any atom is 0.130 e. The van der Waals surface area contributed by atoms with E-state index < -0.39 is 0 Å². The van der Waals surface area contributed by atoms with Crippen LogP contribution in [0.5, 0.6) is 0 Å². The minimum Gasteiger partial charge on any atom is -0.340 e. The van der Waals surface area contributed by atoms with Crippen LogP contribution in [0.1, 0.15) is 19.5 Å². The second-order valence-electron chi connectivity index (χ2n) is 7.34. The van der Waals surface area contributed by atoms with E-state index in [0.717, 1.165) is 39.8 Å². The Morgan fingerprint density at radius 3 is 2.90 bits per heavy atom. The third-order valence-electron chi connectivity index (χ3n) is 5.35. The summed E-state index contributed by atoms with van der Waals surface area (Å²) in [4.78, 5) is 5.97. The molecule has 0 unspecified atom stereocenters. The van der Waals surface area contributed by atoms with E-state index in [-0.39, 0.29) is 1.43 Å². The molecular formula is C25H24N4S. The molecule has 30 heavy (non-hydrogen) atoms. The zero-order valence-electron chi connectivity index (χ0n) is 17.0. The SMILES string of the molecule is C/C=C(\Nc1cc2cc(-c3cnn(C)c3)ccc2cn1)c1cccc2c1CC=CS2.[HH]. The Morgan fingerprint density at radius 2 is 2.07 bits per heavy atom. The third kappa shape index (κ3) is 3.53. The number of allylic oxidation sites excluding steroid dienone is 2. The summed E-state index contributed by atoms with van der Waals surface area (Å²) < 4.78 is 1.82. The number of hydrogen-bond acceptors (Lipinski definition) is 4. The third-order valence-corrected chi connectivity index (χ3v) is 6.31. The first kappa shape index (κ1) is 18.7. The Labute approximate surface area is 181 Å². The molecular weight excluding hydrogens is 388 g/mol. The van der Waals surface area contributed by atoms with Gasteiger partial charge in [-0.25, -0.2) is 4.98 Å². The van der Waals surface area contributed by atoms with Crippen molar-refractivity contribution in [3.63, 3.8) is 0 Å². The highest BCUT2D eigenvalue weighted by molar-refractivity contribution is 8.02. The lowest BCUT2D eigenvalue weighted by Crippen LogP contribution is -2.05. The fourth-order valence-corrected chi connectivity index (χ4v) is 4.65. The standard InChI is InChI=1S/C25H22N4S.H2/c1-3-23(21-6-4-8-24-22(21)7-5-11-30-24)28-25-13-19-12-17(9-10-18(19)14-26-25)20-15-27-29(2)16-20;/h3-6,8-16H,7H2,1-2H3,(H,26,28);1H/b23-3-;. The fraction of sp³-hybridized carbons (Fsp3) is 0.120. The second-order valence-corrected chi connectivity index (χ2v) is 8.29. The van der Waals surface area contributed by atoms with E-state index >= 15 is 0 Å². The van der Waals surface area contributed by atoms with Gasteiger partial charge in [0.15, 0.2) is 0 Å². The first-order valence-corrected chi connectivity index (χ1v) is 10.9. The van der Waals surface area contributed by atoms with E-state index in [1.807, 2.05) is 30.3 Å². The van der Waals surface area contributed by atoms with E-state index in [1.54, 1.807) is 11.8 Å². The minimum atomic E-state index is 0. The molecule has 4 nitrogen and oxygen atoms in total. The monoisotopic (exact) mass is 412 g/mol. The summed E-state index contributed by atoms with van der Waals surface area (Å²) in [6.07, 6.45) is 11.2. The molecule has 2 aromatic carbocycles. The highest BCUT2D eigenvalue weighted by Crippen LogP contribution is 2.34. The summed E-state index contributed by atoms with van der Waals surface area (Å²) in [5.41, 5.74) is 5.95. The summed E-state index contributed by atoms with van der Waals surface area (Å²) in [5.74, 6) is 0.843. The zero-order valence-corrected chi connectivity index (χ0v) is 17.8. The second kappa shape index (κ2) is 7.84. The van der Waals surface area contributed by atoms with Crippen LogP contribution < -0.4 is 5.32 Å².